The smallest absolute Gasteiger partial charge is 0.242 e. The maximum absolute atomic E-state index is 13.1. The van der Waals surface area contributed by atoms with Crippen LogP contribution in [0, 0.1) is 6.92 Å². The van der Waals surface area contributed by atoms with E-state index >= 15 is 0 Å². The molecule has 2 rings (SSSR count). The van der Waals surface area contributed by atoms with Crippen LogP contribution in [0.1, 0.15) is 51.7 Å². The number of nitrogens with zero attached hydrogens (tertiary/aromatic N) is 1. The van der Waals surface area contributed by atoms with Gasteiger partial charge in [0, 0.05) is 18.5 Å². The monoisotopic (exact) mass is 440 g/mol. The van der Waals surface area contributed by atoms with Gasteiger partial charge in [-0.2, -0.15) is 0 Å². The molecule has 0 aromatic heterocycles. The fourth-order valence-corrected chi connectivity index (χ4v) is 3.22. The zero-order valence-corrected chi connectivity index (χ0v) is 20.1. The SMILES string of the molecule is COc1cccc(CN(C(=O)CCCOc2ccc(C)cc2)C(C)C(=O)NC(C)(C)C)c1. The molecule has 0 heterocycles. The highest BCUT2D eigenvalue weighted by Gasteiger charge is 2.28. The van der Waals surface area contributed by atoms with Gasteiger partial charge in [0.25, 0.3) is 0 Å². The average Bonchev–Trinajstić information content (AvgIpc) is 2.74. The van der Waals surface area contributed by atoms with Crippen molar-refractivity contribution in [2.75, 3.05) is 13.7 Å². The minimum absolute atomic E-state index is 0.0862. The van der Waals surface area contributed by atoms with Gasteiger partial charge in [-0.05, 0) is 70.9 Å². The summed E-state index contributed by atoms with van der Waals surface area (Å²) in [5, 5.41) is 2.97. The number of hydrogen-bond acceptors (Lipinski definition) is 4. The van der Waals surface area contributed by atoms with Crippen molar-refractivity contribution in [3.63, 3.8) is 0 Å². The van der Waals surface area contributed by atoms with Crippen molar-refractivity contribution in [1.29, 1.82) is 0 Å². The van der Waals surface area contributed by atoms with Gasteiger partial charge in [-0.25, -0.2) is 0 Å². The molecule has 0 fully saturated rings. The van der Waals surface area contributed by atoms with Crippen LogP contribution in [0.3, 0.4) is 0 Å². The number of carbonyl (C=O) groups is 2. The lowest BCUT2D eigenvalue weighted by Gasteiger charge is -2.31. The van der Waals surface area contributed by atoms with Gasteiger partial charge >= 0.3 is 0 Å². The van der Waals surface area contributed by atoms with E-state index in [0.717, 1.165) is 11.3 Å². The highest BCUT2D eigenvalue weighted by molar-refractivity contribution is 5.87. The maximum Gasteiger partial charge on any atom is 0.242 e. The Kier molecular flexibility index (Phi) is 9.12. The number of methoxy groups -OCH3 is 1. The third kappa shape index (κ3) is 8.25. The van der Waals surface area contributed by atoms with E-state index in [0.29, 0.717) is 31.7 Å². The molecule has 0 saturated carbocycles. The minimum atomic E-state index is -0.606. The lowest BCUT2D eigenvalue weighted by atomic mass is 10.1. The summed E-state index contributed by atoms with van der Waals surface area (Å²) in [6.45, 7) is 10.3. The van der Waals surface area contributed by atoms with Gasteiger partial charge in [0.05, 0.1) is 13.7 Å². The Balaban J connectivity index is 2.05. The van der Waals surface area contributed by atoms with Crippen LogP contribution in [0.25, 0.3) is 0 Å². The van der Waals surface area contributed by atoms with E-state index in [2.05, 4.69) is 5.32 Å². The largest absolute Gasteiger partial charge is 0.497 e. The topological polar surface area (TPSA) is 67.9 Å². The van der Waals surface area contributed by atoms with Crippen LogP contribution < -0.4 is 14.8 Å². The Bertz CT molecular complexity index is 887. The molecule has 0 radical (unpaired) electrons. The Morgan fingerprint density at radius 1 is 1.06 bits per heavy atom. The highest BCUT2D eigenvalue weighted by atomic mass is 16.5. The van der Waals surface area contributed by atoms with Crippen molar-refractivity contribution in [2.24, 2.45) is 0 Å². The summed E-state index contributed by atoms with van der Waals surface area (Å²) < 4.78 is 11.0. The minimum Gasteiger partial charge on any atom is -0.497 e. The molecule has 0 bridgehead atoms. The van der Waals surface area contributed by atoms with Gasteiger partial charge in [-0.3, -0.25) is 9.59 Å². The van der Waals surface area contributed by atoms with E-state index in [1.165, 1.54) is 5.56 Å². The first-order chi connectivity index (χ1) is 15.1. The second kappa shape index (κ2) is 11.6. The Hall–Kier alpha value is -3.02. The Morgan fingerprint density at radius 2 is 1.75 bits per heavy atom. The first-order valence-electron chi connectivity index (χ1n) is 11.0. The van der Waals surface area contributed by atoms with Gasteiger partial charge in [0.2, 0.25) is 11.8 Å². The zero-order valence-electron chi connectivity index (χ0n) is 20.1. The van der Waals surface area contributed by atoms with Crippen LogP contribution in [-0.4, -0.2) is 42.0 Å². The molecule has 1 atom stereocenters. The lowest BCUT2D eigenvalue weighted by molar-refractivity contribution is -0.141. The zero-order chi connectivity index (χ0) is 23.7. The number of benzene rings is 2. The number of ether oxygens (including phenoxy) is 2. The summed E-state index contributed by atoms with van der Waals surface area (Å²) >= 11 is 0. The number of rotatable bonds is 10. The van der Waals surface area contributed by atoms with Crippen molar-refractivity contribution in [3.8, 4) is 11.5 Å². The van der Waals surface area contributed by atoms with Crippen molar-refractivity contribution in [1.82, 2.24) is 10.2 Å². The molecule has 32 heavy (non-hydrogen) atoms. The third-order valence-corrected chi connectivity index (χ3v) is 4.98. The van der Waals surface area contributed by atoms with E-state index < -0.39 is 6.04 Å². The molecule has 2 amide bonds. The van der Waals surface area contributed by atoms with E-state index in [1.54, 1.807) is 18.9 Å². The molecule has 6 heteroatoms. The second-order valence-electron chi connectivity index (χ2n) is 9.05. The van der Waals surface area contributed by atoms with Gasteiger partial charge < -0.3 is 19.7 Å². The molecule has 0 aliphatic heterocycles. The van der Waals surface area contributed by atoms with Crippen LogP contribution >= 0.6 is 0 Å². The molecule has 2 aromatic rings. The fourth-order valence-electron chi connectivity index (χ4n) is 3.22. The quantitative estimate of drug-likeness (QED) is 0.553. The molecule has 0 aliphatic rings. The van der Waals surface area contributed by atoms with E-state index in [-0.39, 0.29) is 17.4 Å². The molecule has 0 spiro atoms. The summed E-state index contributed by atoms with van der Waals surface area (Å²) in [5.74, 6) is 1.24. The van der Waals surface area contributed by atoms with Gasteiger partial charge in [-0.15, -0.1) is 0 Å². The number of carbonyl (C=O) groups excluding carboxylic acids is 2. The van der Waals surface area contributed by atoms with Crippen molar-refractivity contribution >= 4 is 11.8 Å². The fraction of sp³-hybridized carbons (Fsp3) is 0.462. The van der Waals surface area contributed by atoms with Crippen molar-refractivity contribution < 1.29 is 19.1 Å². The summed E-state index contributed by atoms with van der Waals surface area (Å²) in [5.41, 5.74) is 1.70. The maximum atomic E-state index is 13.1. The summed E-state index contributed by atoms with van der Waals surface area (Å²) in [6.07, 6.45) is 0.859. The highest BCUT2D eigenvalue weighted by Crippen LogP contribution is 2.18. The van der Waals surface area contributed by atoms with Crippen molar-refractivity contribution in [3.05, 3.63) is 59.7 Å². The molecule has 1 N–H and O–H groups in total. The van der Waals surface area contributed by atoms with E-state index in [4.69, 9.17) is 9.47 Å². The van der Waals surface area contributed by atoms with E-state index in [1.807, 2.05) is 76.2 Å². The standard InChI is InChI=1S/C26H36N2O4/c1-19-12-14-22(15-13-19)32-16-8-11-24(29)28(20(2)25(30)27-26(3,4)5)18-21-9-7-10-23(17-21)31-6/h7,9-10,12-15,17,20H,8,11,16,18H2,1-6H3,(H,27,30). The van der Waals surface area contributed by atoms with Crippen LogP contribution in [0.4, 0.5) is 0 Å². The lowest BCUT2D eigenvalue weighted by Crippen LogP contribution is -2.52. The summed E-state index contributed by atoms with van der Waals surface area (Å²) in [4.78, 5) is 27.6. The molecular weight excluding hydrogens is 404 g/mol. The van der Waals surface area contributed by atoms with Crippen LogP contribution in [0.15, 0.2) is 48.5 Å². The number of nitrogens with one attached hydrogen (secondary N) is 1. The molecule has 6 nitrogen and oxygen atoms in total. The molecule has 1 unspecified atom stereocenters. The van der Waals surface area contributed by atoms with Crippen LogP contribution in [0.5, 0.6) is 11.5 Å². The van der Waals surface area contributed by atoms with Gasteiger partial charge in [0.15, 0.2) is 0 Å². The third-order valence-electron chi connectivity index (χ3n) is 4.98. The predicted octanol–water partition coefficient (Wildman–Crippen LogP) is 4.49. The van der Waals surface area contributed by atoms with E-state index in [9.17, 15) is 9.59 Å². The van der Waals surface area contributed by atoms with Crippen molar-refractivity contribution in [2.45, 2.75) is 65.6 Å². The van der Waals surface area contributed by atoms with Crippen LogP contribution in [-0.2, 0) is 16.1 Å². The molecule has 2 aromatic carbocycles. The van der Waals surface area contributed by atoms with Crippen LogP contribution in [0.2, 0.25) is 0 Å². The number of aryl methyl sites for hydroxylation is 1. The van der Waals surface area contributed by atoms with Gasteiger partial charge in [0.1, 0.15) is 17.5 Å². The first-order valence-corrected chi connectivity index (χ1v) is 11.0. The van der Waals surface area contributed by atoms with Gasteiger partial charge in [-0.1, -0.05) is 29.8 Å². The summed E-state index contributed by atoms with van der Waals surface area (Å²) in [7, 11) is 1.61. The average molecular weight is 441 g/mol. The Labute approximate surface area is 191 Å². The summed E-state index contributed by atoms with van der Waals surface area (Å²) in [6, 6.07) is 14.8. The molecule has 0 aliphatic carbocycles. The normalized spacial score (nSPS) is 12.1. The molecule has 0 saturated heterocycles. The predicted molar refractivity (Wildman–Crippen MR) is 127 cm³/mol. The molecule has 174 valence electrons. The number of hydrogen-bond donors (Lipinski definition) is 1. The first kappa shape index (κ1) is 25.2. The Morgan fingerprint density at radius 3 is 2.38 bits per heavy atom. The number of amides is 2. The second-order valence-corrected chi connectivity index (χ2v) is 9.05. The molecular formula is C26H36N2O4.